The molecule has 33 heavy (non-hydrogen) atoms. The molecule has 0 aliphatic heterocycles. The predicted molar refractivity (Wildman–Crippen MR) is 131 cm³/mol. The number of aromatic nitrogens is 2. The maximum Gasteiger partial charge on any atom is 0.329 e. The fourth-order valence-corrected chi connectivity index (χ4v) is 4.06. The summed E-state index contributed by atoms with van der Waals surface area (Å²) in [6.07, 6.45) is 0.800. The van der Waals surface area contributed by atoms with E-state index in [1.54, 1.807) is 10.6 Å². The Morgan fingerprint density at radius 2 is 1.48 bits per heavy atom. The molecule has 7 heteroatoms. The number of benzene rings is 2. The van der Waals surface area contributed by atoms with Crippen molar-refractivity contribution < 1.29 is 14.3 Å². The van der Waals surface area contributed by atoms with Crippen LogP contribution in [0.4, 0.5) is 5.69 Å². The second-order valence-electron chi connectivity index (χ2n) is 8.84. The van der Waals surface area contributed by atoms with Gasteiger partial charge in [0.2, 0.25) is 0 Å². The number of esters is 1. The first-order valence-corrected chi connectivity index (χ1v) is 11.5. The van der Waals surface area contributed by atoms with Crippen LogP contribution in [0.15, 0.2) is 47.3 Å². The zero-order valence-electron chi connectivity index (χ0n) is 20.1. The van der Waals surface area contributed by atoms with Crippen LogP contribution >= 0.6 is 0 Å². The molecule has 0 saturated carbocycles. The Bertz CT molecular complexity index is 1180. The average molecular weight is 452 g/mol. The number of para-hydroxylation sites is 3. The van der Waals surface area contributed by atoms with Gasteiger partial charge in [-0.05, 0) is 41.5 Å². The van der Waals surface area contributed by atoms with E-state index in [0.29, 0.717) is 12.1 Å². The third-order valence-electron chi connectivity index (χ3n) is 5.66. The minimum absolute atomic E-state index is 0.230. The molecule has 0 atom stereocenters. The van der Waals surface area contributed by atoms with Gasteiger partial charge >= 0.3 is 11.7 Å². The highest BCUT2D eigenvalue weighted by molar-refractivity contribution is 5.94. The lowest BCUT2D eigenvalue weighted by molar-refractivity contribution is -0.147. The fourth-order valence-electron chi connectivity index (χ4n) is 4.06. The monoisotopic (exact) mass is 451 g/mol. The van der Waals surface area contributed by atoms with Gasteiger partial charge in [-0.1, -0.05) is 65.0 Å². The first kappa shape index (κ1) is 24.3. The Hall–Kier alpha value is -3.35. The van der Waals surface area contributed by atoms with Crippen molar-refractivity contribution in [3.8, 4) is 0 Å². The molecule has 0 saturated heterocycles. The van der Waals surface area contributed by atoms with Gasteiger partial charge in [0.1, 0.15) is 6.54 Å². The van der Waals surface area contributed by atoms with Gasteiger partial charge in [-0.3, -0.25) is 18.7 Å². The van der Waals surface area contributed by atoms with E-state index >= 15 is 0 Å². The molecule has 176 valence electrons. The number of amides is 1. The van der Waals surface area contributed by atoms with Crippen LogP contribution < -0.4 is 11.0 Å². The zero-order valence-corrected chi connectivity index (χ0v) is 20.1. The fraction of sp³-hybridized carbons (Fsp3) is 0.423. The second kappa shape index (κ2) is 10.5. The number of nitrogens with zero attached hydrogens (tertiary/aromatic N) is 2. The molecule has 1 heterocycles. The molecule has 0 fully saturated rings. The van der Waals surface area contributed by atoms with E-state index in [1.165, 1.54) is 4.57 Å². The van der Waals surface area contributed by atoms with Crippen molar-refractivity contribution in [3.05, 3.63) is 64.1 Å². The van der Waals surface area contributed by atoms with Gasteiger partial charge in [0.05, 0.1) is 11.0 Å². The molecule has 0 radical (unpaired) electrons. The van der Waals surface area contributed by atoms with Crippen molar-refractivity contribution in [2.45, 2.75) is 66.0 Å². The van der Waals surface area contributed by atoms with Crippen LogP contribution in [0.3, 0.4) is 0 Å². The number of imidazole rings is 1. The van der Waals surface area contributed by atoms with Gasteiger partial charge in [-0.2, -0.15) is 0 Å². The summed E-state index contributed by atoms with van der Waals surface area (Å²) in [4.78, 5) is 38.0. The van der Waals surface area contributed by atoms with Crippen molar-refractivity contribution in [1.29, 1.82) is 0 Å². The standard InChI is InChI=1S/C26H33N3O4/c1-6-14-28-21-12-7-8-13-22(21)29(26(28)32)15-24(31)33-16-23(30)27-25-19(17(2)3)10-9-11-20(25)18(4)5/h7-13,17-18H,6,14-16H2,1-5H3,(H,27,30). The van der Waals surface area contributed by atoms with E-state index in [1.807, 2.05) is 43.3 Å². The van der Waals surface area contributed by atoms with Gasteiger partial charge in [-0.25, -0.2) is 4.79 Å². The molecular weight excluding hydrogens is 418 g/mol. The highest BCUT2D eigenvalue weighted by Gasteiger charge is 2.19. The van der Waals surface area contributed by atoms with Crippen LogP contribution in [0.2, 0.25) is 0 Å². The lowest BCUT2D eigenvalue weighted by Crippen LogP contribution is -2.29. The van der Waals surface area contributed by atoms with Gasteiger partial charge in [0.15, 0.2) is 6.61 Å². The molecule has 3 rings (SSSR count). The Kier molecular flexibility index (Phi) is 7.74. The number of rotatable bonds is 9. The second-order valence-corrected chi connectivity index (χ2v) is 8.84. The topological polar surface area (TPSA) is 82.3 Å². The van der Waals surface area contributed by atoms with Gasteiger partial charge in [-0.15, -0.1) is 0 Å². The number of aryl methyl sites for hydroxylation is 1. The van der Waals surface area contributed by atoms with Crippen LogP contribution in [0.5, 0.6) is 0 Å². The summed E-state index contributed by atoms with van der Waals surface area (Å²) in [5, 5.41) is 2.93. The van der Waals surface area contributed by atoms with E-state index < -0.39 is 18.5 Å². The van der Waals surface area contributed by atoms with Gasteiger partial charge in [0.25, 0.3) is 5.91 Å². The molecule has 1 amide bonds. The van der Waals surface area contributed by atoms with Crippen molar-refractivity contribution in [1.82, 2.24) is 9.13 Å². The number of carbonyl (C=O) groups excluding carboxylic acids is 2. The molecule has 7 nitrogen and oxygen atoms in total. The third kappa shape index (κ3) is 5.35. The number of ether oxygens (including phenoxy) is 1. The van der Waals surface area contributed by atoms with Crippen molar-refractivity contribution in [3.63, 3.8) is 0 Å². The molecule has 1 aromatic heterocycles. The minimum atomic E-state index is -0.632. The summed E-state index contributed by atoms with van der Waals surface area (Å²) in [5.74, 6) is -0.574. The number of anilines is 1. The molecule has 3 aromatic rings. The SMILES string of the molecule is CCCn1c(=O)n(CC(=O)OCC(=O)Nc2c(C(C)C)cccc2C(C)C)c2ccccc21. The summed E-state index contributed by atoms with van der Waals surface area (Å²) in [7, 11) is 0. The van der Waals surface area contributed by atoms with Crippen LogP contribution in [0.25, 0.3) is 11.0 Å². The van der Waals surface area contributed by atoms with E-state index in [4.69, 9.17) is 4.74 Å². The summed E-state index contributed by atoms with van der Waals surface area (Å²) in [6.45, 7) is 10.2. The highest BCUT2D eigenvalue weighted by Crippen LogP contribution is 2.32. The largest absolute Gasteiger partial charge is 0.454 e. The Balaban J connectivity index is 1.72. The molecule has 0 aliphatic rings. The Labute approximate surface area is 194 Å². The third-order valence-corrected chi connectivity index (χ3v) is 5.66. The van der Waals surface area contributed by atoms with Gasteiger partial charge < -0.3 is 10.1 Å². The number of hydrogen-bond donors (Lipinski definition) is 1. The number of carbonyl (C=O) groups is 2. The Morgan fingerprint density at radius 3 is 2.03 bits per heavy atom. The maximum atomic E-state index is 12.8. The maximum absolute atomic E-state index is 12.8. The molecule has 0 aliphatic carbocycles. The lowest BCUT2D eigenvalue weighted by Gasteiger charge is -2.20. The molecule has 1 N–H and O–H groups in total. The van der Waals surface area contributed by atoms with Crippen LogP contribution in [-0.4, -0.2) is 27.6 Å². The molecule has 2 aromatic carbocycles. The summed E-state index contributed by atoms with van der Waals surface area (Å²) in [6, 6.07) is 13.3. The van der Waals surface area contributed by atoms with Crippen molar-refractivity contribution >= 4 is 28.6 Å². The first-order valence-electron chi connectivity index (χ1n) is 11.5. The summed E-state index contributed by atoms with van der Waals surface area (Å²) < 4.78 is 8.29. The zero-order chi connectivity index (χ0) is 24.1. The summed E-state index contributed by atoms with van der Waals surface area (Å²) >= 11 is 0. The van der Waals surface area contributed by atoms with Crippen molar-refractivity contribution in [2.24, 2.45) is 0 Å². The quantitative estimate of drug-likeness (QED) is 0.481. The molecule has 0 spiro atoms. The van der Waals surface area contributed by atoms with E-state index in [9.17, 15) is 14.4 Å². The Morgan fingerprint density at radius 1 is 0.909 bits per heavy atom. The summed E-state index contributed by atoms with van der Waals surface area (Å²) in [5.41, 5.74) is 4.05. The number of hydrogen-bond acceptors (Lipinski definition) is 4. The molecule has 0 unspecified atom stereocenters. The van der Waals surface area contributed by atoms with Crippen LogP contribution in [0.1, 0.15) is 64.0 Å². The predicted octanol–water partition coefficient (Wildman–Crippen LogP) is 4.64. The molecular formula is C26H33N3O4. The van der Waals surface area contributed by atoms with E-state index in [-0.39, 0.29) is 24.1 Å². The number of fused-ring (bicyclic) bond motifs is 1. The normalized spacial score (nSPS) is 11.4. The molecule has 0 bridgehead atoms. The average Bonchev–Trinajstić information content (AvgIpc) is 3.04. The smallest absolute Gasteiger partial charge is 0.329 e. The highest BCUT2D eigenvalue weighted by atomic mass is 16.5. The number of nitrogens with one attached hydrogen (secondary N) is 1. The van der Waals surface area contributed by atoms with Crippen LogP contribution in [0, 0.1) is 0 Å². The van der Waals surface area contributed by atoms with Crippen LogP contribution in [-0.2, 0) is 27.4 Å². The first-order chi connectivity index (χ1) is 15.7. The van der Waals surface area contributed by atoms with Crippen molar-refractivity contribution in [2.75, 3.05) is 11.9 Å². The van der Waals surface area contributed by atoms with E-state index in [2.05, 4.69) is 33.0 Å². The van der Waals surface area contributed by atoms with Gasteiger partial charge in [0, 0.05) is 12.2 Å². The van der Waals surface area contributed by atoms with E-state index in [0.717, 1.165) is 28.8 Å². The lowest BCUT2D eigenvalue weighted by atomic mass is 9.92. The minimum Gasteiger partial charge on any atom is -0.454 e.